The van der Waals surface area contributed by atoms with E-state index in [1.807, 2.05) is 13.8 Å². The summed E-state index contributed by atoms with van der Waals surface area (Å²) in [6, 6.07) is 17.4. The molecule has 122 valence electrons. The standard InChI is InChI=1S/C20H26N2O/c1-14(2)23-19-10-8-17(9-11-19)15(3)16-4-6-18(7-5-16)20-21-12-13-22-20/h4-11,14-15,20-22H,12-13H2,1-3H3. The molecule has 3 rings (SSSR count). The summed E-state index contributed by atoms with van der Waals surface area (Å²) in [7, 11) is 0. The molecule has 0 bridgehead atoms. The first-order valence-corrected chi connectivity index (χ1v) is 8.47. The minimum Gasteiger partial charge on any atom is -0.491 e. The van der Waals surface area contributed by atoms with Crippen molar-refractivity contribution in [3.05, 3.63) is 65.2 Å². The monoisotopic (exact) mass is 310 g/mol. The van der Waals surface area contributed by atoms with Crippen molar-refractivity contribution in [1.29, 1.82) is 0 Å². The van der Waals surface area contributed by atoms with Crippen molar-refractivity contribution in [3.8, 4) is 5.75 Å². The molecule has 2 N–H and O–H groups in total. The number of nitrogens with one attached hydrogen (secondary N) is 2. The first kappa shape index (κ1) is 16.0. The molecular formula is C20H26N2O. The van der Waals surface area contributed by atoms with Gasteiger partial charge in [-0.1, -0.05) is 43.3 Å². The molecule has 0 spiro atoms. The Balaban J connectivity index is 1.70. The van der Waals surface area contributed by atoms with E-state index in [0.29, 0.717) is 12.1 Å². The lowest BCUT2D eigenvalue weighted by Crippen LogP contribution is -2.21. The average Bonchev–Trinajstić information content (AvgIpc) is 3.09. The molecule has 0 amide bonds. The van der Waals surface area contributed by atoms with Crippen LogP contribution in [-0.2, 0) is 0 Å². The van der Waals surface area contributed by atoms with Gasteiger partial charge in [-0.3, -0.25) is 10.6 Å². The third-order valence-electron chi connectivity index (χ3n) is 4.34. The van der Waals surface area contributed by atoms with Crippen LogP contribution in [0.3, 0.4) is 0 Å². The fourth-order valence-corrected chi connectivity index (χ4v) is 3.02. The zero-order chi connectivity index (χ0) is 16.2. The maximum absolute atomic E-state index is 5.71. The minimum absolute atomic E-state index is 0.212. The van der Waals surface area contributed by atoms with Gasteiger partial charge in [0.25, 0.3) is 0 Å². The summed E-state index contributed by atoms with van der Waals surface area (Å²) in [5, 5.41) is 6.90. The van der Waals surface area contributed by atoms with E-state index in [1.165, 1.54) is 16.7 Å². The molecule has 0 aliphatic carbocycles. The molecule has 0 saturated carbocycles. The van der Waals surface area contributed by atoms with Gasteiger partial charge < -0.3 is 4.74 Å². The maximum Gasteiger partial charge on any atom is 0.119 e. The molecule has 2 aromatic rings. The van der Waals surface area contributed by atoms with Crippen LogP contribution in [0.2, 0.25) is 0 Å². The van der Waals surface area contributed by atoms with Gasteiger partial charge in [0.05, 0.1) is 12.3 Å². The number of ether oxygens (including phenoxy) is 1. The first-order valence-electron chi connectivity index (χ1n) is 8.47. The van der Waals surface area contributed by atoms with Gasteiger partial charge in [-0.2, -0.15) is 0 Å². The zero-order valence-corrected chi connectivity index (χ0v) is 14.2. The molecule has 1 heterocycles. The second-order valence-corrected chi connectivity index (χ2v) is 6.47. The average molecular weight is 310 g/mol. The van der Waals surface area contributed by atoms with Crippen molar-refractivity contribution in [2.75, 3.05) is 13.1 Å². The van der Waals surface area contributed by atoms with Crippen LogP contribution in [0.1, 0.15) is 49.5 Å². The Labute approximate surface area is 139 Å². The van der Waals surface area contributed by atoms with E-state index < -0.39 is 0 Å². The zero-order valence-electron chi connectivity index (χ0n) is 14.2. The number of hydrogen-bond donors (Lipinski definition) is 2. The third-order valence-corrected chi connectivity index (χ3v) is 4.34. The minimum atomic E-state index is 0.212. The summed E-state index contributed by atoms with van der Waals surface area (Å²) in [5.74, 6) is 1.31. The van der Waals surface area contributed by atoms with E-state index in [2.05, 4.69) is 66.1 Å². The van der Waals surface area contributed by atoms with Gasteiger partial charge in [-0.25, -0.2) is 0 Å². The maximum atomic E-state index is 5.71. The van der Waals surface area contributed by atoms with Crippen molar-refractivity contribution in [3.63, 3.8) is 0 Å². The lowest BCUT2D eigenvalue weighted by Gasteiger charge is -2.16. The number of benzene rings is 2. The molecule has 23 heavy (non-hydrogen) atoms. The summed E-state index contributed by atoms with van der Waals surface area (Å²) in [5.41, 5.74) is 3.95. The molecule has 1 saturated heterocycles. The van der Waals surface area contributed by atoms with Crippen LogP contribution in [-0.4, -0.2) is 19.2 Å². The fraction of sp³-hybridized carbons (Fsp3) is 0.400. The Morgan fingerprint density at radius 2 is 1.35 bits per heavy atom. The molecule has 3 nitrogen and oxygen atoms in total. The van der Waals surface area contributed by atoms with Gasteiger partial charge in [0.1, 0.15) is 5.75 Å². The first-order chi connectivity index (χ1) is 11.1. The van der Waals surface area contributed by atoms with Crippen molar-refractivity contribution in [1.82, 2.24) is 10.6 Å². The highest BCUT2D eigenvalue weighted by Gasteiger charge is 2.15. The van der Waals surface area contributed by atoms with Crippen molar-refractivity contribution in [2.24, 2.45) is 0 Å². The van der Waals surface area contributed by atoms with Crippen molar-refractivity contribution < 1.29 is 4.74 Å². The van der Waals surface area contributed by atoms with Crippen LogP contribution >= 0.6 is 0 Å². The smallest absolute Gasteiger partial charge is 0.119 e. The SMILES string of the molecule is CC(C)Oc1ccc(C(C)c2ccc(C3NCCN3)cc2)cc1. The highest BCUT2D eigenvalue weighted by molar-refractivity contribution is 5.37. The molecule has 0 aromatic heterocycles. The highest BCUT2D eigenvalue weighted by atomic mass is 16.5. The van der Waals surface area contributed by atoms with E-state index >= 15 is 0 Å². The van der Waals surface area contributed by atoms with Crippen LogP contribution in [0.5, 0.6) is 5.75 Å². The summed E-state index contributed by atoms with van der Waals surface area (Å²) in [4.78, 5) is 0. The largest absolute Gasteiger partial charge is 0.491 e. The normalized spacial score (nSPS) is 16.7. The molecule has 2 aromatic carbocycles. The molecule has 0 radical (unpaired) electrons. The van der Waals surface area contributed by atoms with Crippen LogP contribution in [0, 0.1) is 0 Å². The van der Waals surface area contributed by atoms with Gasteiger partial charge in [-0.05, 0) is 42.7 Å². The van der Waals surface area contributed by atoms with Crippen LogP contribution < -0.4 is 15.4 Å². The van der Waals surface area contributed by atoms with Crippen LogP contribution in [0.15, 0.2) is 48.5 Å². The van der Waals surface area contributed by atoms with Crippen LogP contribution in [0.25, 0.3) is 0 Å². The number of rotatable bonds is 5. The molecule has 1 aliphatic rings. The molecule has 1 fully saturated rings. The van der Waals surface area contributed by atoms with Gasteiger partial charge in [0.2, 0.25) is 0 Å². The summed E-state index contributed by atoms with van der Waals surface area (Å²) >= 11 is 0. The predicted molar refractivity (Wildman–Crippen MR) is 94.9 cm³/mol. The van der Waals surface area contributed by atoms with E-state index in [4.69, 9.17) is 4.74 Å². The molecule has 1 atom stereocenters. The van der Waals surface area contributed by atoms with Crippen molar-refractivity contribution in [2.45, 2.75) is 39.0 Å². The lowest BCUT2D eigenvalue weighted by atomic mass is 9.92. The van der Waals surface area contributed by atoms with Crippen LogP contribution in [0.4, 0.5) is 0 Å². The Bertz CT molecular complexity index is 613. The van der Waals surface area contributed by atoms with Gasteiger partial charge >= 0.3 is 0 Å². The molecule has 1 aliphatic heterocycles. The highest BCUT2D eigenvalue weighted by Crippen LogP contribution is 2.27. The molecular weight excluding hydrogens is 284 g/mol. The lowest BCUT2D eigenvalue weighted by molar-refractivity contribution is 0.242. The quantitative estimate of drug-likeness (QED) is 0.881. The predicted octanol–water partition coefficient (Wildman–Crippen LogP) is 3.82. The van der Waals surface area contributed by atoms with Crippen molar-refractivity contribution >= 4 is 0 Å². The van der Waals surface area contributed by atoms with Gasteiger partial charge in [-0.15, -0.1) is 0 Å². The Morgan fingerprint density at radius 3 is 1.87 bits per heavy atom. The fourth-order valence-electron chi connectivity index (χ4n) is 3.02. The van der Waals surface area contributed by atoms with E-state index in [9.17, 15) is 0 Å². The summed E-state index contributed by atoms with van der Waals surface area (Å²) < 4.78 is 5.71. The summed E-state index contributed by atoms with van der Waals surface area (Å²) in [6.07, 6.45) is 0.510. The Morgan fingerprint density at radius 1 is 0.826 bits per heavy atom. The van der Waals surface area contributed by atoms with Gasteiger partial charge in [0.15, 0.2) is 0 Å². The Kier molecular flexibility index (Phi) is 4.99. The third kappa shape index (κ3) is 3.92. The van der Waals surface area contributed by atoms with E-state index in [-0.39, 0.29) is 6.10 Å². The number of hydrogen-bond acceptors (Lipinski definition) is 3. The second-order valence-electron chi connectivity index (χ2n) is 6.47. The topological polar surface area (TPSA) is 33.3 Å². The Hall–Kier alpha value is -1.84. The summed E-state index contributed by atoms with van der Waals surface area (Å²) in [6.45, 7) is 8.42. The van der Waals surface area contributed by atoms with E-state index in [1.54, 1.807) is 0 Å². The van der Waals surface area contributed by atoms with Gasteiger partial charge in [0, 0.05) is 19.0 Å². The van der Waals surface area contributed by atoms with E-state index in [0.717, 1.165) is 18.8 Å². The molecule has 3 heteroatoms. The second kappa shape index (κ2) is 7.16. The molecule has 1 unspecified atom stereocenters.